The molecule has 0 saturated heterocycles. The zero-order valence-corrected chi connectivity index (χ0v) is 14.0. The zero-order valence-electron chi connectivity index (χ0n) is 11.6. The molecule has 1 N–H and O–H groups in total. The zero-order chi connectivity index (χ0) is 13.4. The Morgan fingerprint density at radius 3 is 2.63 bits per heavy atom. The molecule has 2 saturated carbocycles. The van der Waals surface area contributed by atoms with Gasteiger partial charge in [0.1, 0.15) is 0 Å². The maximum atomic E-state index is 10.7. The van der Waals surface area contributed by atoms with Crippen LogP contribution >= 0.6 is 27.3 Å². The molecule has 4 unspecified atom stereocenters. The summed E-state index contributed by atoms with van der Waals surface area (Å²) in [4.78, 5) is 2.43. The highest BCUT2D eigenvalue weighted by atomic mass is 79.9. The summed E-state index contributed by atoms with van der Waals surface area (Å²) in [5, 5.41) is 10.7. The molecule has 0 aliphatic heterocycles. The third kappa shape index (κ3) is 2.93. The third-order valence-electron chi connectivity index (χ3n) is 5.19. The molecule has 1 aromatic rings. The van der Waals surface area contributed by atoms with Crippen LogP contribution in [0.25, 0.3) is 0 Å². The molecule has 2 aliphatic carbocycles. The van der Waals surface area contributed by atoms with Crippen molar-refractivity contribution in [3.8, 4) is 0 Å². The van der Waals surface area contributed by atoms with Crippen molar-refractivity contribution >= 4 is 27.3 Å². The van der Waals surface area contributed by atoms with E-state index in [2.05, 4.69) is 28.9 Å². The molecule has 4 atom stereocenters. The standard InChI is InChI=1S/C16H23BrOS/c1-10-14(17)9-15(19-10)16(18)13-7-6-11-4-2-3-5-12(11)8-13/h9,11-13,16,18H,2-8H2,1H3. The van der Waals surface area contributed by atoms with Crippen molar-refractivity contribution in [1.29, 1.82) is 0 Å². The van der Waals surface area contributed by atoms with Gasteiger partial charge in [-0.15, -0.1) is 11.3 Å². The Morgan fingerprint density at radius 1 is 1.21 bits per heavy atom. The highest BCUT2D eigenvalue weighted by Crippen LogP contribution is 2.47. The van der Waals surface area contributed by atoms with Crippen LogP contribution in [0.5, 0.6) is 0 Å². The Hall–Kier alpha value is 0.140. The highest BCUT2D eigenvalue weighted by molar-refractivity contribution is 9.10. The van der Waals surface area contributed by atoms with Gasteiger partial charge < -0.3 is 5.11 Å². The van der Waals surface area contributed by atoms with Gasteiger partial charge in [0, 0.05) is 14.2 Å². The fourth-order valence-electron chi connectivity index (χ4n) is 4.06. The van der Waals surface area contributed by atoms with E-state index in [-0.39, 0.29) is 6.10 Å². The summed E-state index contributed by atoms with van der Waals surface area (Å²) in [7, 11) is 0. The van der Waals surface area contributed by atoms with Crippen LogP contribution in [0.3, 0.4) is 0 Å². The predicted molar refractivity (Wildman–Crippen MR) is 84.5 cm³/mol. The Kier molecular flexibility index (Phi) is 4.35. The Labute approximate surface area is 128 Å². The second kappa shape index (κ2) is 5.87. The van der Waals surface area contributed by atoms with Gasteiger partial charge in [-0.3, -0.25) is 0 Å². The van der Waals surface area contributed by atoms with Gasteiger partial charge in [-0.2, -0.15) is 0 Å². The molecule has 1 nitrogen and oxygen atoms in total. The number of fused-ring (bicyclic) bond motifs is 1. The van der Waals surface area contributed by atoms with Crippen LogP contribution in [0, 0.1) is 24.7 Å². The minimum atomic E-state index is -0.238. The van der Waals surface area contributed by atoms with Crippen molar-refractivity contribution in [1.82, 2.24) is 0 Å². The lowest BCUT2D eigenvalue weighted by atomic mass is 9.66. The first kappa shape index (κ1) is 14.1. The fourth-order valence-corrected chi connectivity index (χ4v) is 5.70. The van der Waals surface area contributed by atoms with E-state index in [1.54, 1.807) is 11.3 Å². The summed E-state index contributed by atoms with van der Waals surface area (Å²) in [5.74, 6) is 2.35. The van der Waals surface area contributed by atoms with E-state index in [1.165, 1.54) is 49.8 Å². The Bertz CT molecular complexity index is 422. The molecule has 2 fully saturated rings. The van der Waals surface area contributed by atoms with E-state index in [9.17, 15) is 5.11 Å². The normalized spacial score (nSPS) is 32.9. The molecule has 3 heteroatoms. The quantitative estimate of drug-likeness (QED) is 0.756. The monoisotopic (exact) mass is 342 g/mol. The lowest BCUT2D eigenvalue weighted by molar-refractivity contribution is 0.0368. The van der Waals surface area contributed by atoms with Crippen LogP contribution in [0.4, 0.5) is 0 Å². The molecule has 1 aromatic heterocycles. The van der Waals surface area contributed by atoms with Gasteiger partial charge in [-0.05, 0) is 65.9 Å². The SMILES string of the molecule is Cc1sc(C(O)C2CCC3CCCCC3C2)cc1Br. The summed E-state index contributed by atoms with van der Waals surface area (Å²) >= 11 is 5.31. The lowest BCUT2D eigenvalue weighted by Crippen LogP contribution is -2.30. The number of halogens is 1. The maximum Gasteiger partial charge on any atom is 0.0910 e. The van der Waals surface area contributed by atoms with Gasteiger partial charge in [0.25, 0.3) is 0 Å². The second-order valence-electron chi connectivity index (χ2n) is 6.38. The second-order valence-corrected chi connectivity index (χ2v) is 8.52. The summed E-state index contributed by atoms with van der Waals surface area (Å²) in [6.45, 7) is 2.11. The molecule has 2 aliphatic rings. The molecular weight excluding hydrogens is 320 g/mol. The molecule has 0 amide bonds. The van der Waals surface area contributed by atoms with E-state index in [4.69, 9.17) is 0 Å². The van der Waals surface area contributed by atoms with Gasteiger partial charge in [0.2, 0.25) is 0 Å². The van der Waals surface area contributed by atoms with Crippen LogP contribution < -0.4 is 0 Å². The molecule has 106 valence electrons. The molecule has 0 aromatic carbocycles. The van der Waals surface area contributed by atoms with Crippen LogP contribution in [0.1, 0.15) is 60.8 Å². The number of aliphatic hydroxyl groups is 1. The van der Waals surface area contributed by atoms with E-state index >= 15 is 0 Å². The largest absolute Gasteiger partial charge is 0.387 e. The number of aliphatic hydroxyl groups excluding tert-OH is 1. The average molecular weight is 343 g/mol. The van der Waals surface area contributed by atoms with Crippen molar-refractivity contribution in [2.24, 2.45) is 17.8 Å². The minimum absolute atomic E-state index is 0.238. The predicted octanol–water partition coefficient (Wildman–Crippen LogP) is 5.46. The molecule has 19 heavy (non-hydrogen) atoms. The first-order chi connectivity index (χ1) is 9.15. The van der Waals surface area contributed by atoms with Gasteiger partial charge in [-0.25, -0.2) is 0 Å². The number of rotatable bonds is 2. The summed E-state index contributed by atoms with van der Waals surface area (Å²) < 4.78 is 1.15. The molecule has 0 radical (unpaired) electrons. The summed E-state index contributed by atoms with van der Waals surface area (Å²) in [6, 6.07) is 2.12. The van der Waals surface area contributed by atoms with Gasteiger partial charge in [0.05, 0.1) is 6.10 Å². The van der Waals surface area contributed by atoms with Crippen molar-refractivity contribution < 1.29 is 5.11 Å². The minimum Gasteiger partial charge on any atom is -0.387 e. The Balaban J connectivity index is 1.68. The highest BCUT2D eigenvalue weighted by Gasteiger charge is 2.35. The van der Waals surface area contributed by atoms with Crippen molar-refractivity contribution in [2.75, 3.05) is 0 Å². The molecule has 0 bridgehead atoms. The van der Waals surface area contributed by atoms with Gasteiger partial charge in [-0.1, -0.05) is 25.7 Å². The number of thiophene rings is 1. The topological polar surface area (TPSA) is 20.2 Å². The number of aryl methyl sites for hydroxylation is 1. The average Bonchev–Trinajstić information content (AvgIpc) is 2.77. The summed E-state index contributed by atoms with van der Waals surface area (Å²) in [5.41, 5.74) is 0. The number of hydrogen-bond donors (Lipinski definition) is 1. The van der Waals surface area contributed by atoms with Crippen molar-refractivity contribution in [3.05, 3.63) is 20.3 Å². The van der Waals surface area contributed by atoms with Gasteiger partial charge in [0.15, 0.2) is 0 Å². The first-order valence-electron chi connectivity index (χ1n) is 7.59. The summed E-state index contributed by atoms with van der Waals surface area (Å²) in [6.07, 6.45) is 9.27. The number of hydrogen-bond acceptors (Lipinski definition) is 2. The molecule has 3 rings (SSSR count). The van der Waals surface area contributed by atoms with Crippen molar-refractivity contribution in [2.45, 2.75) is 58.0 Å². The van der Waals surface area contributed by atoms with Crippen LogP contribution in [-0.4, -0.2) is 5.11 Å². The third-order valence-corrected chi connectivity index (χ3v) is 7.40. The molecule has 1 heterocycles. The van der Waals surface area contributed by atoms with Crippen molar-refractivity contribution in [3.63, 3.8) is 0 Å². The van der Waals surface area contributed by atoms with E-state index in [0.29, 0.717) is 5.92 Å². The molecule has 0 spiro atoms. The van der Waals surface area contributed by atoms with E-state index < -0.39 is 0 Å². The van der Waals surface area contributed by atoms with Crippen LogP contribution in [-0.2, 0) is 0 Å². The molecular formula is C16H23BrOS. The van der Waals surface area contributed by atoms with Crippen LogP contribution in [0.15, 0.2) is 10.5 Å². The lowest BCUT2D eigenvalue weighted by Gasteiger charge is -2.40. The fraction of sp³-hybridized carbons (Fsp3) is 0.750. The van der Waals surface area contributed by atoms with E-state index in [1.807, 2.05) is 0 Å². The van der Waals surface area contributed by atoms with Gasteiger partial charge >= 0.3 is 0 Å². The van der Waals surface area contributed by atoms with E-state index in [0.717, 1.165) is 21.2 Å². The maximum absolute atomic E-state index is 10.7. The van der Waals surface area contributed by atoms with Crippen LogP contribution in [0.2, 0.25) is 0 Å². The first-order valence-corrected chi connectivity index (χ1v) is 9.20. The Morgan fingerprint density at radius 2 is 1.95 bits per heavy atom. The smallest absolute Gasteiger partial charge is 0.0910 e.